The molecule has 0 spiro atoms. The second-order valence-electron chi connectivity index (χ2n) is 8.09. The number of aliphatic hydroxyl groups excluding tert-OH is 1. The van der Waals surface area contributed by atoms with Crippen molar-refractivity contribution in [2.24, 2.45) is 11.8 Å². The standard InChI is InChI=1S/C26H40O4/c1-8-10-14-21(9-2)17-19(4)13-11-12-18(3)15-16-22-20(5)23(27)25(29-6)26(30-7)24(22)28/h9-10,13-15,20,22,24,28H,8,11-12,16-17H2,1-7H3/b14-10-,18-15+,19-13+,21-9+. The van der Waals surface area contributed by atoms with Crippen LogP contribution in [0.4, 0.5) is 0 Å². The van der Waals surface area contributed by atoms with E-state index in [1.807, 2.05) is 6.92 Å². The van der Waals surface area contributed by atoms with Gasteiger partial charge >= 0.3 is 0 Å². The van der Waals surface area contributed by atoms with E-state index in [4.69, 9.17) is 9.47 Å². The zero-order valence-corrected chi connectivity index (χ0v) is 19.8. The van der Waals surface area contributed by atoms with Gasteiger partial charge in [-0.25, -0.2) is 0 Å². The summed E-state index contributed by atoms with van der Waals surface area (Å²) >= 11 is 0. The van der Waals surface area contributed by atoms with Gasteiger partial charge in [-0.1, -0.05) is 55.4 Å². The van der Waals surface area contributed by atoms with Crippen LogP contribution >= 0.6 is 0 Å². The van der Waals surface area contributed by atoms with Crippen LogP contribution in [-0.4, -0.2) is 31.2 Å². The Balaban J connectivity index is 2.68. The first-order chi connectivity index (χ1) is 14.3. The monoisotopic (exact) mass is 416 g/mol. The van der Waals surface area contributed by atoms with Crippen molar-refractivity contribution in [1.82, 2.24) is 0 Å². The highest BCUT2D eigenvalue weighted by Gasteiger charge is 2.42. The first-order valence-corrected chi connectivity index (χ1v) is 11.0. The van der Waals surface area contributed by atoms with Crippen LogP contribution in [0.1, 0.15) is 66.7 Å². The second-order valence-corrected chi connectivity index (χ2v) is 8.09. The topological polar surface area (TPSA) is 55.8 Å². The molecule has 3 atom stereocenters. The number of carbonyl (C=O) groups excluding carboxylic acids is 1. The third-order valence-corrected chi connectivity index (χ3v) is 5.79. The van der Waals surface area contributed by atoms with Crippen molar-refractivity contribution in [3.8, 4) is 0 Å². The van der Waals surface area contributed by atoms with Crippen LogP contribution in [0.15, 0.2) is 58.6 Å². The van der Waals surface area contributed by atoms with Gasteiger partial charge in [0, 0.05) is 11.8 Å². The average molecular weight is 417 g/mol. The maximum absolute atomic E-state index is 12.5. The van der Waals surface area contributed by atoms with Crippen LogP contribution in [0.2, 0.25) is 0 Å². The van der Waals surface area contributed by atoms with Crippen LogP contribution in [0.5, 0.6) is 0 Å². The van der Waals surface area contributed by atoms with Gasteiger partial charge in [0.1, 0.15) is 6.10 Å². The summed E-state index contributed by atoms with van der Waals surface area (Å²) in [4.78, 5) is 12.5. The Hall–Kier alpha value is -2.07. The van der Waals surface area contributed by atoms with Gasteiger partial charge in [-0.3, -0.25) is 4.79 Å². The third-order valence-electron chi connectivity index (χ3n) is 5.79. The van der Waals surface area contributed by atoms with E-state index < -0.39 is 6.10 Å². The van der Waals surface area contributed by atoms with Crippen molar-refractivity contribution in [1.29, 1.82) is 0 Å². The van der Waals surface area contributed by atoms with Crippen molar-refractivity contribution in [2.75, 3.05) is 14.2 Å². The summed E-state index contributed by atoms with van der Waals surface area (Å²) in [5, 5.41) is 10.7. The Morgan fingerprint density at radius 2 is 1.83 bits per heavy atom. The molecular weight excluding hydrogens is 376 g/mol. The third kappa shape index (κ3) is 7.32. The molecule has 0 amide bonds. The molecular formula is C26H40O4. The molecule has 0 aromatic rings. The number of Topliss-reactive ketones (excluding diaryl/α,β-unsaturated/α-hetero) is 1. The second kappa shape index (κ2) is 13.3. The average Bonchev–Trinajstić information content (AvgIpc) is 2.73. The maximum atomic E-state index is 12.5. The summed E-state index contributed by atoms with van der Waals surface area (Å²) in [5.41, 5.74) is 3.99. The van der Waals surface area contributed by atoms with Gasteiger partial charge in [0.15, 0.2) is 5.76 Å². The number of hydrogen-bond acceptors (Lipinski definition) is 4. The Morgan fingerprint density at radius 1 is 1.13 bits per heavy atom. The SMILES string of the molecule is C/C=C(\C=C/CC)C/C(C)=C/CC/C(C)=C/CC1C(C)C(=O)C(OC)=C(OC)C1O. The van der Waals surface area contributed by atoms with Gasteiger partial charge in [-0.05, 0) is 58.4 Å². The van der Waals surface area contributed by atoms with E-state index in [1.165, 1.54) is 30.9 Å². The van der Waals surface area contributed by atoms with E-state index in [2.05, 4.69) is 58.1 Å². The lowest BCUT2D eigenvalue weighted by Gasteiger charge is -2.33. The lowest BCUT2D eigenvalue weighted by Crippen LogP contribution is -2.40. The number of allylic oxidation sites excluding steroid dienone is 9. The summed E-state index contributed by atoms with van der Waals surface area (Å²) in [7, 11) is 2.90. The van der Waals surface area contributed by atoms with Crippen LogP contribution in [0.3, 0.4) is 0 Å². The van der Waals surface area contributed by atoms with E-state index >= 15 is 0 Å². The molecule has 1 N–H and O–H groups in total. The van der Waals surface area contributed by atoms with Crippen LogP contribution in [0, 0.1) is 11.8 Å². The van der Waals surface area contributed by atoms with Gasteiger partial charge in [0.2, 0.25) is 11.5 Å². The number of aliphatic hydroxyl groups is 1. The number of rotatable bonds is 11. The molecule has 168 valence electrons. The van der Waals surface area contributed by atoms with Crippen LogP contribution in [-0.2, 0) is 14.3 Å². The molecule has 3 unspecified atom stereocenters. The smallest absolute Gasteiger partial charge is 0.204 e. The molecule has 0 bridgehead atoms. The summed E-state index contributed by atoms with van der Waals surface area (Å²) in [6.45, 7) is 10.4. The Bertz CT molecular complexity index is 721. The lowest BCUT2D eigenvalue weighted by atomic mass is 9.77. The van der Waals surface area contributed by atoms with E-state index in [1.54, 1.807) is 0 Å². The van der Waals surface area contributed by atoms with E-state index in [0.717, 1.165) is 25.7 Å². The minimum atomic E-state index is -0.834. The quantitative estimate of drug-likeness (QED) is 0.329. The van der Waals surface area contributed by atoms with E-state index in [0.29, 0.717) is 6.42 Å². The minimum absolute atomic E-state index is 0.105. The number of ether oxygens (including phenoxy) is 2. The van der Waals surface area contributed by atoms with Gasteiger partial charge < -0.3 is 14.6 Å². The molecule has 1 aliphatic rings. The lowest BCUT2D eigenvalue weighted by molar-refractivity contribution is -0.128. The summed E-state index contributed by atoms with van der Waals surface area (Å²) in [6.07, 6.45) is 14.8. The first-order valence-electron chi connectivity index (χ1n) is 11.0. The number of hydrogen-bond donors (Lipinski definition) is 1. The fourth-order valence-corrected chi connectivity index (χ4v) is 3.78. The van der Waals surface area contributed by atoms with Crippen molar-refractivity contribution >= 4 is 5.78 Å². The van der Waals surface area contributed by atoms with Crippen LogP contribution in [0.25, 0.3) is 0 Å². The maximum Gasteiger partial charge on any atom is 0.204 e. The molecule has 0 saturated heterocycles. The zero-order chi connectivity index (χ0) is 22.7. The molecule has 4 nitrogen and oxygen atoms in total. The van der Waals surface area contributed by atoms with Crippen molar-refractivity contribution in [2.45, 2.75) is 72.8 Å². The Labute approximate surface area is 183 Å². The van der Waals surface area contributed by atoms with Gasteiger partial charge in [0.25, 0.3) is 0 Å². The highest BCUT2D eigenvalue weighted by Crippen LogP contribution is 2.35. The number of carbonyl (C=O) groups is 1. The predicted octanol–water partition coefficient (Wildman–Crippen LogP) is 6.05. The van der Waals surface area contributed by atoms with Crippen molar-refractivity contribution in [3.63, 3.8) is 0 Å². The van der Waals surface area contributed by atoms with Crippen molar-refractivity contribution < 1.29 is 19.4 Å². The van der Waals surface area contributed by atoms with Gasteiger partial charge in [0.05, 0.1) is 14.2 Å². The predicted molar refractivity (Wildman–Crippen MR) is 124 cm³/mol. The highest BCUT2D eigenvalue weighted by molar-refractivity contribution is 5.97. The first kappa shape index (κ1) is 26.0. The highest BCUT2D eigenvalue weighted by atomic mass is 16.5. The molecule has 0 aliphatic heterocycles. The van der Waals surface area contributed by atoms with Gasteiger partial charge in [-0.2, -0.15) is 0 Å². The van der Waals surface area contributed by atoms with Crippen LogP contribution < -0.4 is 0 Å². The molecule has 1 aliphatic carbocycles. The molecule has 30 heavy (non-hydrogen) atoms. The molecule has 0 aromatic heterocycles. The number of methoxy groups -OCH3 is 2. The fraction of sp³-hybridized carbons (Fsp3) is 0.577. The molecule has 0 radical (unpaired) electrons. The largest absolute Gasteiger partial charge is 0.494 e. The number of ketones is 1. The minimum Gasteiger partial charge on any atom is -0.494 e. The molecule has 0 saturated carbocycles. The Kier molecular flexibility index (Phi) is 11.5. The molecule has 1 rings (SSSR count). The summed E-state index contributed by atoms with van der Waals surface area (Å²) in [6, 6.07) is 0. The summed E-state index contributed by atoms with van der Waals surface area (Å²) in [5.74, 6) is -0.237. The van der Waals surface area contributed by atoms with E-state index in [-0.39, 0.29) is 29.1 Å². The molecule has 4 heteroatoms. The molecule has 0 heterocycles. The molecule has 0 fully saturated rings. The van der Waals surface area contributed by atoms with E-state index in [9.17, 15) is 9.90 Å². The van der Waals surface area contributed by atoms with Crippen molar-refractivity contribution in [3.05, 3.63) is 58.6 Å². The molecule has 0 aromatic carbocycles. The zero-order valence-electron chi connectivity index (χ0n) is 19.8. The summed E-state index contributed by atoms with van der Waals surface area (Å²) < 4.78 is 10.4. The van der Waals surface area contributed by atoms with Gasteiger partial charge in [-0.15, -0.1) is 0 Å². The fourth-order valence-electron chi connectivity index (χ4n) is 3.78. The Morgan fingerprint density at radius 3 is 2.40 bits per heavy atom. The normalized spacial score (nSPS) is 24.1.